The Morgan fingerprint density at radius 3 is 3.45 bits per heavy atom. The Labute approximate surface area is 66.2 Å². The van der Waals surface area contributed by atoms with E-state index in [1.54, 1.807) is 30.5 Å². The minimum Gasteiger partial charge on any atom is -0.356 e. The standard InChI is InChI=1S/C9H7NO/c1-2-6-9-8(4-1)5-3-7-10-11-9/h1-7H/i1T. The lowest BCUT2D eigenvalue weighted by atomic mass is 10.2. The highest BCUT2D eigenvalue weighted by atomic mass is 16.6. The number of hydrogen-bond donors (Lipinski definition) is 0. The first-order chi connectivity index (χ1) is 5.86. The molecule has 2 nitrogen and oxygen atoms in total. The summed E-state index contributed by atoms with van der Waals surface area (Å²) in [5, 5.41) is 3.67. The van der Waals surface area contributed by atoms with Gasteiger partial charge in [-0.15, -0.1) is 0 Å². The summed E-state index contributed by atoms with van der Waals surface area (Å²) in [6.07, 6.45) is 5.22. The molecule has 1 aromatic rings. The molecule has 54 valence electrons. The van der Waals surface area contributed by atoms with Crippen LogP contribution >= 0.6 is 0 Å². The van der Waals surface area contributed by atoms with Crippen LogP contribution in [0.25, 0.3) is 6.08 Å². The van der Waals surface area contributed by atoms with Crippen molar-refractivity contribution in [2.45, 2.75) is 0 Å². The molecule has 1 heterocycles. The van der Waals surface area contributed by atoms with E-state index in [1.165, 1.54) is 0 Å². The number of nitrogens with zero attached hydrogens (tertiary/aromatic N) is 1. The van der Waals surface area contributed by atoms with E-state index in [2.05, 4.69) is 5.16 Å². The fourth-order valence-corrected chi connectivity index (χ4v) is 0.911. The Morgan fingerprint density at radius 1 is 1.45 bits per heavy atom. The Kier molecular flexibility index (Phi) is 1.20. The van der Waals surface area contributed by atoms with E-state index in [9.17, 15) is 0 Å². The van der Waals surface area contributed by atoms with E-state index in [0.717, 1.165) is 5.56 Å². The second kappa shape index (κ2) is 2.58. The van der Waals surface area contributed by atoms with Crippen molar-refractivity contribution in [1.29, 1.82) is 0 Å². The summed E-state index contributed by atoms with van der Waals surface area (Å²) in [5.74, 6) is 0.691. The van der Waals surface area contributed by atoms with Crippen LogP contribution in [0.3, 0.4) is 0 Å². The molecule has 0 aromatic heterocycles. The second-order valence-electron chi connectivity index (χ2n) is 2.17. The highest BCUT2D eigenvalue weighted by Crippen LogP contribution is 2.20. The van der Waals surface area contributed by atoms with Crippen LogP contribution in [0, 0.1) is 0 Å². The molecular formula is C9H7NO. The van der Waals surface area contributed by atoms with Gasteiger partial charge >= 0.3 is 0 Å². The van der Waals surface area contributed by atoms with Crippen molar-refractivity contribution in [3.63, 3.8) is 0 Å². The van der Waals surface area contributed by atoms with E-state index in [0.29, 0.717) is 11.8 Å². The van der Waals surface area contributed by atoms with Crippen LogP contribution in [0.2, 0.25) is 0 Å². The predicted octanol–water partition coefficient (Wildman–Crippen LogP) is 2.08. The molecule has 0 saturated carbocycles. The molecule has 0 spiro atoms. The summed E-state index contributed by atoms with van der Waals surface area (Å²) in [6.45, 7) is 0. The fourth-order valence-electron chi connectivity index (χ4n) is 0.911. The summed E-state index contributed by atoms with van der Waals surface area (Å²) >= 11 is 0. The highest BCUT2D eigenvalue weighted by Gasteiger charge is 1.99. The van der Waals surface area contributed by atoms with Crippen LogP contribution in [0.5, 0.6) is 5.75 Å². The molecule has 11 heavy (non-hydrogen) atoms. The predicted molar refractivity (Wildman–Crippen MR) is 44.6 cm³/mol. The van der Waals surface area contributed by atoms with Gasteiger partial charge in [0.2, 0.25) is 0 Å². The van der Waals surface area contributed by atoms with E-state index < -0.39 is 0 Å². The van der Waals surface area contributed by atoms with Gasteiger partial charge in [0.05, 0.1) is 7.59 Å². The van der Waals surface area contributed by atoms with Crippen LogP contribution < -0.4 is 4.84 Å². The Balaban J connectivity index is 2.53. The molecule has 1 aromatic carbocycles. The summed E-state index contributed by atoms with van der Waals surface area (Å²) in [5.41, 5.74) is 0.889. The van der Waals surface area contributed by atoms with Gasteiger partial charge in [0.1, 0.15) is 0 Å². The second-order valence-corrected chi connectivity index (χ2v) is 2.17. The van der Waals surface area contributed by atoms with Gasteiger partial charge in [0.25, 0.3) is 0 Å². The lowest BCUT2D eigenvalue weighted by molar-refractivity contribution is 0.344. The Bertz CT molecular complexity index is 358. The maximum absolute atomic E-state index is 7.38. The zero-order chi connectivity index (χ0) is 8.39. The largest absolute Gasteiger partial charge is 0.356 e. The van der Waals surface area contributed by atoms with Gasteiger partial charge in [-0.05, 0) is 18.2 Å². The van der Waals surface area contributed by atoms with Crippen LogP contribution in [-0.4, -0.2) is 6.21 Å². The summed E-state index contributed by atoms with van der Waals surface area (Å²) in [6, 6.07) is 5.63. The SMILES string of the molecule is [3H]c1ccc2c(c1)C=CC=NO2. The van der Waals surface area contributed by atoms with Crippen molar-refractivity contribution in [1.82, 2.24) is 0 Å². The lowest BCUT2D eigenvalue weighted by Crippen LogP contribution is -1.82. The minimum absolute atomic E-state index is 0.476. The third-order valence-corrected chi connectivity index (χ3v) is 1.43. The average molecular weight is 147 g/mol. The van der Waals surface area contributed by atoms with E-state index in [-0.39, 0.29) is 0 Å². The van der Waals surface area contributed by atoms with Crippen molar-refractivity contribution in [3.8, 4) is 5.75 Å². The van der Waals surface area contributed by atoms with Gasteiger partial charge in [-0.1, -0.05) is 23.3 Å². The number of para-hydroxylation sites is 1. The molecule has 0 bridgehead atoms. The molecule has 0 atom stereocenters. The number of benzene rings is 1. The van der Waals surface area contributed by atoms with Crippen molar-refractivity contribution in [2.75, 3.05) is 0 Å². The van der Waals surface area contributed by atoms with Crippen molar-refractivity contribution in [3.05, 3.63) is 35.9 Å². The van der Waals surface area contributed by atoms with Gasteiger partial charge in [-0.25, -0.2) is 0 Å². The Hall–Kier alpha value is -1.57. The number of rotatable bonds is 0. The topological polar surface area (TPSA) is 21.6 Å². The number of fused-ring (bicyclic) bond motifs is 1. The normalized spacial score (nSPS) is 14.7. The van der Waals surface area contributed by atoms with Crippen molar-refractivity contribution < 1.29 is 6.21 Å². The van der Waals surface area contributed by atoms with Crippen molar-refractivity contribution in [2.24, 2.45) is 5.16 Å². The van der Waals surface area contributed by atoms with Gasteiger partial charge in [-0.3, -0.25) is 0 Å². The van der Waals surface area contributed by atoms with Crippen LogP contribution in [-0.2, 0) is 0 Å². The minimum atomic E-state index is 0.476. The monoisotopic (exact) mass is 147 g/mol. The molecular weight excluding hydrogens is 138 g/mol. The third-order valence-electron chi connectivity index (χ3n) is 1.43. The molecule has 0 radical (unpaired) electrons. The van der Waals surface area contributed by atoms with Crippen LogP contribution in [0.1, 0.15) is 6.93 Å². The molecule has 0 aliphatic carbocycles. The molecule has 2 rings (SSSR count). The maximum atomic E-state index is 7.38. The quantitative estimate of drug-likeness (QED) is 0.550. The summed E-state index contributed by atoms with van der Waals surface area (Å²) < 4.78 is 7.38. The molecule has 0 fully saturated rings. The van der Waals surface area contributed by atoms with E-state index >= 15 is 0 Å². The van der Waals surface area contributed by atoms with Gasteiger partial charge in [0.15, 0.2) is 5.75 Å². The first-order valence-corrected chi connectivity index (χ1v) is 3.34. The number of hydrogen-bond acceptors (Lipinski definition) is 2. The fraction of sp³-hybridized carbons (Fsp3) is 0. The van der Waals surface area contributed by atoms with E-state index in [1.807, 2.05) is 6.08 Å². The van der Waals surface area contributed by atoms with Gasteiger partial charge in [0, 0.05) is 5.56 Å². The number of allylic oxidation sites excluding steroid dienone is 1. The highest BCUT2D eigenvalue weighted by molar-refractivity contribution is 5.80. The third kappa shape index (κ3) is 1.15. The molecule has 0 unspecified atom stereocenters. The molecule has 0 saturated heterocycles. The zero-order valence-electron chi connectivity index (χ0n) is 6.82. The first-order valence-electron chi connectivity index (χ1n) is 3.84. The summed E-state index contributed by atoms with van der Waals surface area (Å²) in [4.78, 5) is 5.03. The average Bonchev–Trinajstić information content (AvgIpc) is 2.28. The van der Waals surface area contributed by atoms with Crippen molar-refractivity contribution >= 4 is 12.3 Å². The van der Waals surface area contributed by atoms with Gasteiger partial charge < -0.3 is 4.84 Å². The molecule has 0 N–H and O–H groups in total. The molecule has 2 heteroatoms. The lowest BCUT2D eigenvalue weighted by Gasteiger charge is -1.98. The van der Waals surface area contributed by atoms with Crippen LogP contribution in [0.4, 0.5) is 0 Å². The molecule has 1 aliphatic heterocycles. The summed E-state index contributed by atoms with van der Waals surface area (Å²) in [7, 11) is 0. The van der Waals surface area contributed by atoms with Crippen LogP contribution in [0.15, 0.2) is 35.5 Å². The maximum Gasteiger partial charge on any atom is 0.165 e. The smallest absolute Gasteiger partial charge is 0.165 e. The Morgan fingerprint density at radius 2 is 2.45 bits per heavy atom. The number of oxime groups is 1. The molecule has 0 amide bonds. The van der Waals surface area contributed by atoms with Gasteiger partial charge in [-0.2, -0.15) is 0 Å². The zero-order valence-corrected chi connectivity index (χ0v) is 5.82. The molecule has 1 aliphatic rings. The first kappa shape index (κ1) is 5.13. The van der Waals surface area contributed by atoms with E-state index in [4.69, 9.17) is 6.21 Å².